The molecule has 6 aromatic carbocycles. The van der Waals surface area contributed by atoms with Crippen LogP contribution in [-0.2, 0) is 31.9 Å². The molecule has 9 rings (SSSR count). The van der Waals surface area contributed by atoms with E-state index in [-0.39, 0.29) is 31.9 Å². The number of hydrogen-bond acceptors (Lipinski definition) is 4. The van der Waals surface area contributed by atoms with Crippen molar-refractivity contribution in [3.63, 3.8) is 0 Å². The Labute approximate surface area is 371 Å². The van der Waals surface area contributed by atoms with Gasteiger partial charge in [-0.3, -0.25) is 9.97 Å². The third-order valence-electron chi connectivity index (χ3n) is 11.3. The molecule has 9 aromatic rings. The first-order chi connectivity index (χ1) is 28.7. The summed E-state index contributed by atoms with van der Waals surface area (Å²) in [5, 5.41) is 13.1. The summed E-state index contributed by atoms with van der Waals surface area (Å²) in [4.78, 5) is 10.1. The third-order valence-corrected chi connectivity index (χ3v) is 11.3. The van der Waals surface area contributed by atoms with Gasteiger partial charge in [0.05, 0.1) is 5.69 Å². The molecule has 0 bridgehead atoms. The van der Waals surface area contributed by atoms with Crippen molar-refractivity contribution in [1.29, 1.82) is 0 Å². The van der Waals surface area contributed by atoms with Crippen LogP contribution in [-0.4, -0.2) is 15.1 Å². The molecule has 0 aliphatic heterocycles. The van der Waals surface area contributed by atoms with Gasteiger partial charge in [0, 0.05) is 65.6 Å². The zero-order valence-electron chi connectivity index (χ0n) is 35.3. The summed E-state index contributed by atoms with van der Waals surface area (Å²) in [6.45, 7) is 15.3. The molecule has 0 aliphatic carbocycles. The molecule has 3 aromatic heterocycles. The van der Waals surface area contributed by atoms with E-state index in [0.29, 0.717) is 17.0 Å². The Morgan fingerprint density at radius 3 is 1.64 bits per heavy atom. The number of pyridine rings is 2. The van der Waals surface area contributed by atoms with E-state index in [1.807, 2.05) is 49.4 Å². The Balaban J connectivity index is 0.00000514. The standard InChI is InChI=1S/C55H46FN2O2.Pt/c1-33-25-39(43-20-13-22-45-44-21-12-19-42(52(44)60-53(43)45)34-15-9-8-10-16-34)31-48(57-33)35-17-11-18-36(26-35)49-29-38(30-50(58-49)46-23-14-24-47(56)51(46)59)37-27-40(54(2,3)4)32-41(28-37)55(5,6)7;/h8-25,27-32,59H,1-7H3;/q-1;. The first kappa shape index (κ1) is 41.6. The second-order valence-corrected chi connectivity index (χ2v) is 17.8. The molecule has 4 nitrogen and oxygen atoms in total. The summed E-state index contributed by atoms with van der Waals surface area (Å²) in [7, 11) is 0. The maximum Gasteiger partial charge on any atom is 0.165 e. The van der Waals surface area contributed by atoms with Gasteiger partial charge >= 0.3 is 0 Å². The molecule has 3 heterocycles. The van der Waals surface area contributed by atoms with Crippen LogP contribution >= 0.6 is 0 Å². The van der Waals surface area contributed by atoms with Gasteiger partial charge in [0.15, 0.2) is 11.6 Å². The number of benzene rings is 6. The molecule has 0 aliphatic rings. The van der Waals surface area contributed by atoms with Gasteiger partial charge in [-0.15, -0.1) is 24.3 Å². The number of para-hydroxylation sites is 3. The van der Waals surface area contributed by atoms with Crippen LogP contribution in [0.25, 0.3) is 89.1 Å². The van der Waals surface area contributed by atoms with E-state index in [4.69, 9.17) is 14.4 Å². The summed E-state index contributed by atoms with van der Waals surface area (Å²) in [6.07, 6.45) is 0. The molecule has 0 saturated heterocycles. The fourth-order valence-corrected chi connectivity index (χ4v) is 7.98. The van der Waals surface area contributed by atoms with Crippen molar-refractivity contribution >= 4 is 21.9 Å². The fraction of sp³-hybridized carbons (Fsp3) is 0.164. The van der Waals surface area contributed by atoms with Crippen LogP contribution in [0, 0.1) is 18.8 Å². The topological polar surface area (TPSA) is 59.2 Å². The predicted molar refractivity (Wildman–Crippen MR) is 245 cm³/mol. The number of aromatic hydroxyl groups is 1. The van der Waals surface area contributed by atoms with Crippen molar-refractivity contribution in [1.82, 2.24) is 9.97 Å². The Morgan fingerprint density at radius 1 is 0.508 bits per heavy atom. The van der Waals surface area contributed by atoms with Crippen LogP contribution in [0.1, 0.15) is 58.4 Å². The maximum absolute atomic E-state index is 14.8. The molecule has 0 radical (unpaired) electrons. The van der Waals surface area contributed by atoms with E-state index >= 15 is 0 Å². The monoisotopic (exact) mass is 980 g/mol. The number of aryl methyl sites for hydroxylation is 1. The largest absolute Gasteiger partial charge is 0.504 e. The third kappa shape index (κ3) is 8.08. The van der Waals surface area contributed by atoms with E-state index in [1.165, 1.54) is 17.2 Å². The van der Waals surface area contributed by atoms with Crippen molar-refractivity contribution in [2.24, 2.45) is 0 Å². The number of hydrogen-bond donors (Lipinski definition) is 1. The summed E-state index contributed by atoms with van der Waals surface area (Å²) >= 11 is 0. The van der Waals surface area contributed by atoms with E-state index in [2.05, 4.69) is 133 Å². The molecule has 61 heavy (non-hydrogen) atoms. The van der Waals surface area contributed by atoms with Crippen molar-refractivity contribution in [2.75, 3.05) is 0 Å². The summed E-state index contributed by atoms with van der Waals surface area (Å²) in [5.74, 6) is -1.13. The van der Waals surface area contributed by atoms with Crippen LogP contribution in [0.5, 0.6) is 5.75 Å². The normalized spacial score (nSPS) is 11.9. The minimum absolute atomic E-state index is 0. The molecule has 0 fully saturated rings. The number of fused-ring (bicyclic) bond motifs is 3. The Bertz CT molecular complexity index is 3070. The minimum atomic E-state index is -0.698. The second kappa shape index (κ2) is 16.0. The first-order valence-electron chi connectivity index (χ1n) is 20.4. The average Bonchev–Trinajstić information content (AvgIpc) is 3.63. The molecule has 306 valence electrons. The van der Waals surface area contributed by atoms with E-state index in [9.17, 15) is 9.50 Å². The van der Waals surface area contributed by atoms with Crippen molar-refractivity contribution < 1.29 is 35.0 Å². The summed E-state index contributed by atoms with van der Waals surface area (Å²) in [6, 6.07) is 52.0. The van der Waals surface area contributed by atoms with Crippen molar-refractivity contribution in [2.45, 2.75) is 59.3 Å². The predicted octanol–water partition coefficient (Wildman–Crippen LogP) is 14.9. The van der Waals surface area contributed by atoms with Gasteiger partial charge in [-0.05, 0) is 75.4 Å². The quantitative estimate of drug-likeness (QED) is 0.169. The Morgan fingerprint density at radius 2 is 1.02 bits per heavy atom. The number of furan rings is 1. The molecule has 6 heteroatoms. The van der Waals surface area contributed by atoms with Crippen molar-refractivity contribution in [3.05, 3.63) is 174 Å². The van der Waals surface area contributed by atoms with E-state index < -0.39 is 11.6 Å². The zero-order valence-corrected chi connectivity index (χ0v) is 37.6. The van der Waals surface area contributed by atoms with Crippen LogP contribution in [0.4, 0.5) is 4.39 Å². The summed E-state index contributed by atoms with van der Waals surface area (Å²) in [5.41, 5.74) is 14.5. The summed E-state index contributed by atoms with van der Waals surface area (Å²) < 4.78 is 21.6. The molecule has 0 unspecified atom stereocenters. The first-order valence-corrected chi connectivity index (χ1v) is 20.4. The average molecular weight is 981 g/mol. The number of rotatable bonds is 6. The number of halogens is 1. The smallest absolute Gasteiger partial charge is 0.165 e. The number of phenolic OH excluding ortho intramolecular Hbond substituents is 1. The second-order valence-electron chi connectivity index (χ2n) is 17.8. The van der Waals surface area contributed by atoms with Gasteiger partial charge in [0.25, 0.3) is 0 Å². The minimum Gasteiger partial charge on any atom is -0.504 e. The molecular weight excluding hydrogens is 935 g/mol. The van der Waals surface area contributed by atoms with Crippen LogP contribution < -0.4 is 0 Å². The van der Waals surface area contributed by atoms with Crippen LogP contribution in [0.15, 0.2) is 150 Å². The number of phenols is 1. The van der Waals surface area contributed by atoms with Gasteiger partial charge in [0.1, 0.15) is 11.2 Å². The van der Waals surface area contributed by atoms with Gasteiger partial charge in [-0.2, -0.15) is 0 Å². The molecule has 0 saturated carbocycles. The fourth-order valence-electron chi connectivity index (χ4n) is 7.98. The van der Waals surface area contributed by atoms with Crippen molar-refractivity contribution in [3.8, 4) is 72.9 Å². The zero-order chi connectivity index (χ0) is 41.9. The maximum atomic E-state index is 14.8. The van der Waals surface area contributed by atoms with E-state index in [1.54, 1.807) is 12.1 Å². The molecule has 0 atom stereocenters. The molecular formula is C55H46FN2O2Pt-. The van der Waals surface area contributed by atoms with E-state index in [0.717, 1.165) is 77.8 Å². The van der Waals surface area contributed by atoms with Gasteiger partial charge in [-0.25, -0.2) is 4.39 Å². The molecule has 0 amide bonds. The molecule has 0 spiro atoms. The Hall–Kier alpha value is -6.16. The SMILES string of the molecule is Cc1cc(-c2cccc3c2oc2c(-c4ccccc4)cccc23)cc(-c2[c-]c(-c3cc(-c4cc(C(C)(C)C)cc(C(C)(C)C)c4)cc(-c4cccc(F)c4O)n3)ccc2)n1.[Pt]. The van der Waals surface area contributed by atoms with Gasteiger partial charge in [0.2, 0.25) is 0 Å². The molecule has 1 N–H and O–H groups in total. The van der Waals surface area contributed by atoms with Gasteiger partial charge in [-0.1, -0.05) is 156 Å². The number of nitrogens with zero attached hydrogens (tertiary/aromatic N) is 2. The van der Waals surface area contributed by atoms with Gasteiger partial charge < -0.3 is 9.52 Å². The number of aromatic nitrogens is 2. The van der Waals surface area contributed by atoms with Crippen LogP contribution in [0.3, 0.4) is 0 Å². The Kier molecular flexibility index (Phi) is 10.9. The van der Waals surface area contributed by atoms with Crippen LogP contribution in [0.2, 0.25) is 0 Å².